The molecule has 0 radical (unpaired) electrons. The molecule has 0 aromatic heterocycles. The first-order chi connectivity index (χ1) is 14.7. The highest BCUT2D eigenvalue weighted by Gasteiger charge is 2.28. The number of hydrogen-bond donors (Lipinski definition) is 4. The first-order valence-electron chi connectivity index (χ1n) is 8.70. The molecule has 4 rings (SSSR count). The largest absolute Gasteiger partial charge is 0.491 e. The summed E-state index contributed by atoms with van der Waals surface area (Å²) in [6.07, 6.45) is 0. The molecular formula is C18H14O11S3. The summed E-state index contributed by atoms with van der Waals surface area (Å²) < 4.78 is 106. The summed E-state index contributed by atoms with van der Waals surface area (Å²) >= 11 is 0. The number of aliphatic hydroxyl groups is 1. The van der Waals surface area contributed by atoms with Gasteiger partial charge in [0.2, 0.25) is 0 Å². The van der Waals surface area contributed by atoms with Crippen LogP contribution in [-0.4, -0.2) is 57.2 Å². The van der Waals surface area contributed by atoms with Crippen LogP contribution in [0.3, 0.4) is 0 Å². The lowest BCUT2D eigenvalue weighted by Crippen LogP contribution is -2.08. The van der Waals surface area contributed by atoms with Gasteiger partial charge in [0.1, 0.15) is 27.0 Å². The van der Waals surface area contributed by atoms with E-state index in [4.69, 9.17) is 9.84 Å². The maximum absolute atomic E-state index is 12.0. The zero-order valence-corrected chi connectivity index (χ0v) is 18.2. The molecule has 0 aliphatic rings. The van der Waals surface area contributed by atoms with Gasteiger partial charge < -0.3 is 9.84 Å². The second-order valence-corrected chi connectivity index (χ2v) is 11.0. The number of aliphatic hydroxyl groups excluding tert-OH is 1. The molecular weight excluding hydrogens is 488 g/mol. The molecule has 170 valence electrons. The number of rotatable bonds is 6. The molecule has 4 N–H and O–H groups in total. The molecule has 0 aliphatic heterocycles. The Kier molecular flexibility index (Phi) is 5.09. The Morgan fingerprint density at radius 3 is 1.41 bits per heavy atom. The van der Waals surface area contributed by atoms with Crippen molar-refractivity contribution in [3.05, 3.63) is 36.4 Å². The molecule has 14 heteroatoms. The monoisotopic (exact) mass is 502 g/mol. The van der Waals surface area contributed by atoms with Gasteiger partial charge in [-0.05, 0) is 12.1 Å². The van der Waals surface area contributed by atoms with Crippen LogP contribution in [0.25, 0.3) is 32.3 Å². The third-order valence-electron chi connectivity index (χ3n) is 4.93. The first-order valence-corrected chi connectivity index (χ1v) is 13.0. The van der Waals surface area contributed by atoms with Gasteiger partial charge in [-0.1, -0.05) is 18.2 Å². The lowest BCUT2D eigenvalue weighted by Gasteiger charge is -2.18. The zero-order valence-electron chi connectivity index (χ0n) is 15.7. The maximum Gasteiger partial charge on any atom is 0.295 e. The van der Waals surface area contributed by atoms with Crippen LogP contribution in [0.15, 0.2) is 51.1 Å². The predicted octanol–water partition coefficient (Wildman–Crippen LogP) is 1.70. The van der Waals surface area contributed by atoms with Crippen molar-refractivity contribution >= 4 is 62.7 Å². The number of hydrogen-bond acceptors (Lipinski definition) is 8. The molecule has 11 nitrogen and oxygen atoms in total. The highest BCUT2D eigenvalue weighted by atomic mass is 32.2. The molecule has 0 aliphatic carbocycles. The number of ether oxygens (including phenoxy) is 1. The molecule has 4 aromatic rings. The fourth-order valence-electron chi connectivity index (χ4n) is 3.78. The summed E-state index contributed by atoms with van der Waals surface area (Å²) in [5.41, 5.74) is 0. The van der Waals surface area contributed by atoms with Crippen molar-refractivity contribution in [3.8, 4) is 5.75 Å². The quantitative estimate of drug-likeness (QED) is 0.221. The third-order valence-corrected chi connectivity index (χ3v) is 7.61. The Hall–Kier alpha value is -2.59. The van der Waals surface area contributed by atoms with E-state index >= 15 is 0 Å². The van der Waals surface area contributed by atoms with Crippen molar-refractivity contribution < 1.29 is 48.8 Å². The fourth-order valence-corrected chi connectivity index (χ4v) is 5.99. The van der Waals surface area contributed by atoms with Crippen LogP contribution in [0.5, 0.6) is 5.75 Å². The molecule has 0 atom stereocenters. The van der Waals surface area contributed by atoms with Gasteiger partial charge in [-0.15, -0.1) is 0 Å². The van der Waals surface area contributed by atoms with E-state index in [1.807, 2.05) is 0 Å². The van der Waals surface area contributed by atoms with E-state index in [0.717, 1.165) is 12.1 Å². The zero-order chi connectivity index (χ0) is 23.6. The highest BCUT2D eigenvalue weighted by molar-refractivity contribution is 7.87. The van der Waals surface area contributed by atoms with Crippen LogP contribution in [0.4, 0.5) is 0 Å². The number of benzene rings is 4. The molecule has 0 fully saturated rings. The van der Waals surface area contributed by atoms with Crippen molar-refractivity contribution in [2.45, 2.75) is 14.7 Å². The van der Waals surface area contributed by atoms with Gasteiger partial charge in [-0.25, -0.2) is 0 Å². The standard InChI is InChI=1S/C18H14O11S3/c19-5-6-29-13-7-14(30(20,21)22)10-3-4-12-16(32(26,27)28)8-15(31(23,24)25)11-2-1-9(13)17(10)18(11)12/h1-4,7-8,19H,5-6H2,(H,20,21,22)(H,23,24,25)(H,26,27,28). The summed E-state index contributed by atoms with van der Waals surface area (Å²) in [7, 11) is -14.8. The van der Waals surface area contributed by atoms with Crippen LogP contribution in [-0.2, 0) is 30.4 Å². The van der Waals surface area contributed by atoms with Crippen molar-refractivity contribution in [3.63, 3.8) is 0 Å². The van der Waals surface area contributed by atoms with Crippen molar-refractivity contribution in [2.75, 3.05) is 13.2 Å². The molecule has 4 aromatic carbocycles. The molecule has 32 heavy (non-hydrogen) atoms. The molecule has 0 saturated carbocycles. The SMILES string of the molecule is O=S(=O)(O)c1cc(OCCO)c2ccc3c(S(=O)(=O)O)cc(S(=O)(=O)O)c4ccc1c2c34. The van der Waals surface area contributed by atoms with E-state index in [2.05, 4.69) is 0 Å². The van der Waals surface area contributed by atoms with E-state index in [-0.39, 0.29) is 44.7 Å². The van der Waals surface area contributed by atoms with E-state index < -0.39 is 51.6 Å². The molecule has 0 bridgehead atoms. The van der Waals surface area contributed by atoms with Crippen molar-refractivity contribution in [2.24, 2.45) is 0 Å². The van der Waals surface area contributed by atoms with Gasteiger partial charge >= 0.3 is 0 Å². The Morgan fingerprint density at radius 2 is 1.00 bits per heavy atom. The molecule has 0 unspecified atom stereocenters. The third kappa shape index (κ3) is 3.55. The Bertz CT molecular complexity index is 1670. The second-order valence-electron chi connectivity index (χ2n) is 6.81. The first kappa shape index (κ1) is 22.6. The fraction of sp³-hybridized carbons (Fsp3) is 0.111. The van der Waals surface area contributed by atoms with Crippen LogP contribution < -0.4 is 4.74 Å². The summed E-state index contributed by atoms with van der Waals surface area (Å²) in [6.45, 7) is -0.676. The van der Waals surface area contributed by atoms with E-state index in [1.54, 1.807) is 0 Å². The highest BCUT2D eigenvalue weighted by Crippen LogP contribution is 2.45. The van der Waals surface area contributed by atoms with Crippen molar-refractivity contribution in [1.29, 1.82) is 0 Å². The van der Waals surface area contributed by atoms with Crippen LogP contribution in [0.1, 0.15) is 0 Å². The molecule has 0 spiro atoms. The lowest BCUT2D eigenvalue weighted by molar-refractivity contribution is 0.202. The average molecular weight is 503 g/mol. The van der Waals surface area contributed by atoms with Crippen LogP contribution in [0, 0.1) is 0 Å². The van der Waals surface area contributed by atoms with Gasteiger partial charge in [-0.2, -0.15) is 25.3 Å². The van der Waals surface area contributed by atoms with Gasteiger partial charge in [0.05, 0.1) is 6.61 Å². The Balaban J connectivity index is 2.38. The molecule has 0 saturated heterocycles. The minimum Gasteiger partial charge on any atom is -0.491 e. The summed E-state index contributed by atoms with van der Waals surface area (Å²) in [4.78, 5) is -2.28. The Morgan fingerprint density at radius 1 is 0.625 bits per heavy atom. The minimum atomic E-state index is -4.98. The summed E-state index contributed by atoms with van der Waals surface area (Å²) in [5, 5.41) is 8.75. The molecule has 0 amide bonds. The summed E-state index contributed by atoms with van der Waals surface area (Å²) in [5.74, 6) is -0.0979. The lowest BCUT2D eigenvalue weighted by atomic mass is 9.93. The average Bonchev–Trinajstić information content (AvgIpc) is 2.67. The minimum absolute atomic E-state index is 0.00142. The van der Waals surface area contributed by atoms with E-state index in [1.165, 1.54) is 18.2 Å². The predicted molar refractivity (Wildman–Crippen MR) is 112 cm³/mol. The van der Waals surface area contributed by atoms with Gasteiger partial charge in [0.25, 0.3) is 30.4 Å². The Labute approximate surface area is 181 Å². The smallest absolute Gasteiger partial charge is 0.295 e. The van der Waals surface area contributed by atoms with Gasteiger partial charge in [0.15, 0.2) is 0 Å². The molecule has 0 heterocycles. The van der Waals surface area contributed by atoms with Crippen LogP contribution in [0.2, 0.25) is 0 Å². The maximum atomic E-state index is 12.0. The van der Waals surface area contributed by atoms with Gasteiger partial charge in [-0.3, -0.25) is 13.7 Å². The van der Waals surface area contributed by atoms with E-state index in [0.29, 0.717) is 6.07 Å². The van der Waals surface area contributed by atoms with E-state index in [9.17, 15) is 38.9 Å². The topological polar surface area (TPSA) is 193 Å². The van der Waals surface area contributed by atoms with Crippen LogP contribution >= 0.6 is 0 Å². The normalized spacial score (nSPS) is 13.4. The summed E-state index contributed by atoms with van der Waals surface area (Å²) in [6, 6.07) is 6.54. The second kappa shape index (κ2) is 7.21. The van der Waals surface area contributed by atoms with Gasteiger partial charge in [0, 0.05) is 38.4 Å². The van der Waals surface area contributed by atoms with Crippen molar-refractivity contribution in [1.82, 2.24) is 0 Å².